The number of nitrogens with one attached hydrogen (secondary N) is 1. The molecular formula is C18H20N2O5S. The van der Waals surface area contributed by atoms with Crippen molar-refractivity contribution in [3.63, 3.8) is 0 Å². The number of anilines is 1. The monoisotopic (exact) mass is 376 g/mol. The zero-order valence-electron chi connectivity index (χ0n) is 14.3. The first-order valence-corrected chi connectivity index (χ1v) is 10.2. The summed E-state index contributed by atoms with van der Waals surface area (Å²) in [5, 5.41) is 14.7. The number of hydrogen-bond donors (Lipinski definition) is 1. The lowest BCUT2D eigenvalue weighted by Crippen LogP contribution is -2.30. The number of benzene rings is 2. The van der Waals surface area contributed by atoms with Gasteiger partial charge in [0, 0.05) is 18.9 Å². The third-order valence-corrected chi connectivity index (χ3v) is 5.52. The second-order valence-corrected chi connectivity index (χ2v) is 8.30. The van der Waals surface area contributed by atoms with Crippen LogP contribution in [0.1, 0.15) is 24.5 Å². The largest absolute Gasteiger partial charge is 0.377 e. The molecule has 1 aliphatic heterocycles. The molecule has 0 spiro atoms. The zero-order valence-corrected chi connectivity index (χ0v) is 15.1. The highest BCUT2D eigenvalue weighted by molar-refractivity contribution is 7.90. The number of sulfone groups is 1. The predicted molar refractivity (Wildman–Crippen MR) is 98.0 cm³/mol. The minimum Gasteiger partial charge on any atom is -0.377 e. The van der Waals surface area contributed by atoms with Crippen LogP contribution >= 0.6 is 0 Å². The molecule has 8 heteroatoms. The Morgan fingerprint density at radius 3 is 2.54 bits per heavy atom. The Kier molecular flexibility index (Phi) is 5.24. The summed E-state index contributed by atoms with van der Waals surface area (Å²) in [4.78, 5) is 10.6. The predicted octanol–water partition coefficient (Wildman–Crippen LogP) is 3.33. The molecule has 1 aliphatic rings. The molecule has 2 atom stereocenters. The van der Waals surface area contributed by atoms with Crippen molar-refractivity contribution in [1.29, 1.82) is 0 Å². The summed E-state index contributed by atoms with van der Waals surface area (Å²) in [6.45, 7) is 0.525. The van der Waals surface area contributed by atoms with E-state index in [-0.39, 0.29) is 22.7 Å². The van der Waals surface area contributed by atoms with Gasteiger partial charge in [-0.25, -0.2) is 8.42 Å². The Morgan fingerprint density at radius 1 is 1.15 bits per heavy atom. The Bertz CT molecular complexity index is 899. The fourth-order valence-electron chi connectivity index (χ4n) is 3.17. The van der Waals surface area contributed by atoms with Crippen LogP contribution in [-0.4, -0.2) is 32.2 Å². The standard InChI is InChI=1S/C18H20N2O5S/c1-26(23,24)17-9-5-8-15(18(17)20(21)22)19-14-10-11-25-16(12-14)13-6-3-2-4-7-13/h2-9,14,16,19H,10-12H2,1H3. The molecule has 0 saturated carbocycles. The molecule has 7 nitrogen and oxygen atoms in total. The summed E-state index contributed by atoms with van der Waals surface area (Å²) in [6, 6.07) is 14.0. The molecule has 3 rings (SSSR count). The van der Waals surface area contributed by atoms with E-state index in [0.717, 1.165) is 11.8 Å². The topological polar surface area (TPSA) is 98.5 Å². The van der Waals surface area contributed by atoms with E-state index in [1.54, 1.807) is 6.07 Å². The average molecular weight is 376 g/mol. The summed E-state index contributed by atoms with van der Waals surface area (Å²) < 4.78 is 29.6. The molecule has 1 N–H and O–H groups in total. The second kappa shape index (κ2) is 7.43. The summed E-state index contributed by atoms with van der Waals surface area (Å²) in [7, 11) is -3.70. The van der Waals surface area contributed by atoms with Crippen LogP contribution in [-0.2, 0) is 14.6 Å². The Morgan fingerprint density at radius 2 is 1.88 bits per heavy atom. The Balaban J connectivity index is 1.86. The lowest BCUT2D eigenvalue weighted by molar-refractivity contribution is -0.386. The minimum absolute atomic E-state index is 0.0533. The maximum Gasteiger partial charge on any atom is 0.310 e. The number of nitrogens with zero attached hydrogens (tertiary/aromatic N) is 1. The summed E-state index contributed by atoms with van der Waals surface area (Å²) >= 11 is 0. The summed E-state index contributed by atoms with van der Waals surface area (Å²) in [5.74, 6) is 0. The third-order valence-electron chi connectivity index (χ3n) is 4.40. The van der Waals surface area contributed by atoms with Gasteiger partial charge in [0.15, 0.2) is 9.84 Å². The van der Waals surface area contributed by atoms with Gasteiger partial charge in [-0.2, -0.15) is 0 Å². The number of para-hydroxylation sites is 1. The molecule has 138 valence electrons. The molecule has 0 amide bonds. The molecule has 0 aromatic heterocycles. The Hall–Kier alpha value is -2.45. The highest BCUT2D eigenvalue weighted by Gasteiger charge is 2.29. The zero-order chi connectivity index (χ0) is 18.7. The van der Waals surface area contributed by atoms with E-state index in [4.69, 9.17) is 4.74 Å². The molecule has 2 aromatic rings. The van der Waals surface area contributed by atoms with E-state index >= 15 is 0 Å². The van der Waals surface area contributed by atoms with Gasteiger partial charge in [-0.3, -0.25) is 10.1 Å². The fraction of sp³-hybridized carbons (Fsp3) is 0.333. The maximum absolute atomic E-state index is 11.9. The van der Waals surface area contributed by atoms with Crippen molar-refractivity contribution < 1.29 is 18.1 Å². The fourth-order valence-corrected chi connectivity index (χ4v) is 4.04. The molecule has 0 aliphatic carbocycles. The van der Waals surface area contributed by atoms with Gasteiger partial charge in [0.05, 0.1) is 11.0 Å². The Labute approximate surface area is 152 Å². The van der Waals surface area contributed by atoms with Gasteiger partial charge < -0.3 is 10.1 Å². The molecule has 2 unspecified atom stereocenters. The highest BCUT2D eigenvalue weighted by atomic mass is 32.2. The smallest absolute Gasteiger partial charge is 0.310 e. The number of nitro groups is 1. The first kappa shape index (κ1) is 18.3. The van der Waals surface area contributed by atoms with Crippen LogP contribution < -0.4 is 5.32 Å². The van der Waals surface area contributed by atoms with E-state index in [0.29, 0.717) is 19.4 Å². The lowest BCUT2D eigenvalue weighted by atomic mass is 9.97. The van der Waals surface area contributed by atoms with E-state index in [2.05, 4.69) is 5.32 Å². The normalized spacial score (nSPS) is 20.5. The summed E-state index contributed by atoms with van der Waals surface area (Å²) in [5.41, 5.74) is 0.868. The highest BCUT2D eigenvalue weighted by Crippen LogP contribution is 2.35. The molecule has 1 saturated heterocycles. The van der Waals surface area contributed by atoms with Crippen molar-refractivity contribution in [2.24, 2.45) is 0 Å². The first-order valence-electron chi connectivity index (χ1n) is 8.27. The molecule has 1 fully saturated rings. The minimum atomic E-state index is -3.70. The van der Waals surface area contributed by atoms with Crippen LogP contribution in [0.15, 0.2) is 53.4 Å². The number of nitro benzene ring substituents is 1. The van der Waals surface area contributed by atoms with Gasteiger partial charge in [0.1, 0.15) is 10.6 Å². The lowest BCUT2D eigenvalue weighted by Gasteiger charge is -2.31. The van der Waals surface area contributed by atoms with Crippen molar-refractivity contribution >= 4 is 21.2 Å². The quantitative estimate of drug-likeness (QED) is 0.635. The molecule has 0 bridgehead atoms. The van der Waals surface area contributed by atoms with Crippen molar-refractivity contribution in [2.75, 3.05) is 18.2 Å². The molecule has 0 radical (unpaired) electrons. The summed E-state index contributed by atoms with van der Waals surface area (Å²) in [6.07, 6.45) is 2.20. The van der Waals surface area contributed by atoms with Gasteiger partial charge >= 0.3 is 5.69 Å². The van der Waals surface area contributed by atoms with E-state index < -0.39 is 20.4 Å². The van der Waals surface area contributed by atoms with Crippen LogP contribution in [0.25, 0.3) is 0 Å². The third kappa shape index (κ3) is 4.03. The van der Waals surface area contributed by atoms with Crippen LogP contribution in [0.4, 0.5) is 11.4 Å². The first-order chi connectivity index (χ1) is 12.4. The maximum atomic E-state index is 11.9. The molecule has 26 heavy (non-hydrogen) atoms. The van der Waals surface area contributed by atoms with E-state index in [1.807, 2.05) is 30.3 Å². The SMILES string of the molecule is CS(=O)(=O)c1cccc(NC2CCOC(c3ccccc3)C2)c1[N+](=O)[O-]. The van der Waals surface area contributed by atoms with E-state index in [9.17, 15) is 18.5 Å². The van der Waals surface area contributed by atoms with Crippen LogP contribution in [0, 0.1) is 10.1 Å². The second-order valence-electron chi connectivity index (χ2n) is 6.32. The van der Waals surface area contributed by atoms with Gasteiger partial charge in [0.25, 0.3) is 0 Å². The van der Waals surface area contributed by atoms with Crippen molar-refractivity contribution in [3.8, 4) is 0 Å². The number of ether oxygens (including phenoxy) is 1. The van der Waals surface area contributed by atoms with E-state index in [1.165, 1.54) is 12.1 Å². The van der Waals surface area contributed by atoms with Crippen LogP contribution in [0.2, 0.25) is 0 Å². The van der Waals surface area contributed by atoms with Gasteiger partial charge in [-0.1, -0.05) is 36.4 Å². The van der Waals surface area contributed by atoms with Crippen LogP contribution in [0.3, 0.4) is 0 Å². The molecule has 2 aromatic carbocycles. The number of rotatable bonds is 5. The number of hydrogen-bond acceptors (Lipinski definition) is 6. The van der Waals surface area contributed by atoms with Crippen molar-refractivity contribution in [1.82, 2.24) is 0 Å². The van der Waals surface area contributed by atoms with Gasteiger partial charge in [-0.05, 0) is 30.5 Å². The van der Waals surface area contributed by atoms with Crippen molar-refractivity contribution in [3.05, 3.63) is 64.2 Å². The van der Waals surface area contributed by atoms with Gasteiger partial charge in [-0.15, -0.1) is 0 Å². The molecule has 1 heterocycles. The average Bonchev–Trinajstić information content (AvgIpc) is 2.61. The van der Waals surface area contributed by atoms with Gasteiger partial charge in [0.2, 0.25) is 0 Å². The van der Waals surface area contributed by atoms with Crippen LogP contribution in [0.5, 0.6) is 0 Å². The molecular weight excluding hydrogens is 356 g/mol. The van der Waals surface area contributed by atoms with Crippen molar-refractivity contribution in [2.45, 2.75) is 29.9 Å².